The van der Waals surface area contributed by atoms with Crippen molar-refractivity contribution in [3.8, 4) is 0 Å². The molecule has 0 saturated carbocycles. The first-order valence-corrected chi connectivity index (χ1v) is 6.69. The van der Waals surface area contributed by atoms with Gasteiger partial charge in [0.1, 0.15) is 0 Å². The lowest BCUT2D eigenvalue weighted by Gasteiger charge is -2.12. The van der Waals surface area contributed by atoms with Crippen LogP contribution in [0.3, 0.4) is 0 Å². The molecule has 1 aromatic carbocycles. The minimum absolute atomic E-state index is 0.101. The van der Waals surface area contributed by atoms with Crippen molar-refractivity contribution >= 4 is 23.2 Å². The average Bonchev–Trinajstić information content (AvgIpc) is 2.31. The van der Waals surface area contributed by atoms with Crippen LogP contribution in [0.25, 0.3) is 0 Å². The second-order valence-electron chi connectivity index (χ2n) is 4.50. The molecule has 0 amide bonds. The largest absolute Gasteiger partial charge is 0.261 e. The van der Waals surface area contributed by atoms with E-state index >= 15 is 0 Å². The van der Waals surface area contributed by atoms with E-state index in [1.54, 1.807) is 6.20 Å². The minimum atomic E-state index is -0.101. The molecule has 0 radical (unpaired) electrons. The summed E-state index contributed by atoms with van der Waals surface area (Å²) in [6.45, 7) is 4.07. The predicted molar refractivity (Wildman–Crippen MR) is 77.5 cm³/mol. The summed E-state index contributed by atoms with van der Waals surface area (Å²) in [5, 5.41) is 0.629. The number of hydrogen-bond donors (Lipinski definition) is 0. The number of nitrogens with zero attached hydrogens (tertiary/aromatic N) is 1. The van der Waals surface area contributed by atoms with Gasteiger partial charge in [0.2, 0.25) is 0 Å². The van der Waals surface area contributed by atoms with Crippen molar-refractivity contribution in [2.75, 3.05) is 0 Å². The van der Waals surface area contributed by atoms with E-state index in [0.717, 1.165) is 21.8 Å². The van der Waals surface area contributed by atoms with Crippen molar-refractivity contribution in [2.24, 2.45) is 0 Å². The van der Waals surface area contributed by atoms with E-state index in [0.29, 0.717) is 6.42 Å². The van der Waals surface area contributed by atoms with Gasteiger partial charge in [0, 0.05) is 23.3 Å². The number of halogens is 2. The van der Waals surface area contributed by atoms with Gasteiger partial charge in [-0.1, -0.05) is 23.7 Å². The Labute approximate surface area is 118 Å². The molecule has 94 valence electrons. The molecule has 18 heavy (non-hydrogen) atoms. The van der Waals surface area contributed by atoms with Crippen LogP contribution in [-0.4, -0.2) is 4.98 Å². The molecule has 1 unspecified atom stereocenters. The fraction of sp³-hybridized carbons (Fsp3) is 0.267. The molecule has 1 nitrogen and oxygen atoms in total. The van der Waals surface area contributed by atoms with Crippen LogP contribution in [0.2, 0.25) is 5.02 Å². The van der Waals surface area contributed by atoms with Crippen molar-refractivity contribution in [3.05, 3.63) is 63.9 Å². The molecule has 1 atom stereocenters. The molecule has 0 bridgehead atoms. The van der Waals surface area contributed by atoms with Crippen molar-refractivity contribution in [2.45, 2.75) is 25.6 Å². The maximum absolute atomic E-state index is 6.46. The third-order valence-corrected chi connectivity index (χ3v) is 3.54. The molecule has 0 spiro atoms. The van der Waals surface area contributed by atoms with Gasteiger partial charge in [-0.15, -0.1) is 11.6 Å². The molecule has 1 aromatic heterocycles. The second-order valence-corrected chi connectivity index (χ2v) is 5.46. The van der Waals surface area contributed by atoms with Crippen molar-refractivity contribution in [1.29, 1.82) is 0 Å². The monoisotopic (exact) mass is 279 g/mol. The molecule has 0 saturated heterocycles. The van der Waals surface area contributed by atoms with Gasteiger partial charge in [0.25, 0.3) is 0 Å². The zero-order chi connectivity index (χ0) is 13.1. The topological polar surface area (TPSA) is 12.9 Å². The number of benzene rings is 1. The summed E-state index contributed by atoms with van der Waals surface area (Å²) in [7, 11) is 0. The van der Waals surface area contributed by atoms with Gasteiger partial charge >= 0.3 is 0 Å². The lowest BCUT2D eigenvalue weighted by Crippen LogP contribution is -2.00. The Hall–Kier alpha value is -1.05. The maximum Gasteiger partial charge on any atom is 0.0641 e. The number of pyridine rings is 1. The summed E-state index contributed by atoms with van der Waals surface area (Å²) in [5.74, 6) is 0. The van der Waals surface area contributed by atoms with Crippen molar-refractivity contribution in [1.82, 2.24) is 4.98 Å². The number of aryl methyl sites for hydroxylation is 2. The highest BCUT2D eigenvalue weighted by Crippen LogP contribution is 2.28. The van der Waals surface area contributed by atoms with Gasteiger partial charge in [-0.05, 0) is 48.7 Å². The van der Waals surface area contributed by atoms with E-state index in [2.05, 4.69) is 24.0 Å². The number of rotatable bonds is 3. The summed E-state index contributed by atoms with van der Waals surface area (Å²) in [6, 6.07) is 9.91. The van der Waals surface area contributed by atoms with Crippen LogP contribution in [0.15, 0.2) is 36.5 Å². The quantitative estimate of drug-likeness (QED) is 0.730. The molecule has 3 heteroatoms. The van der Waals surface area contributed by atoms with E-state index in [9.17, 15) is 0 Å². The Bertz CT molecular complexity index is 532. The third kappa shape index (κ3) is 3.24. The Morgan fingerprint density at radius 1 is 1.22 bits per heavy atom. The Morgan fingerprint density at radius 2 is 2.00 bits per heavy atom. The van der Waals surface area contributed by atoms with Gasteiger partial charge in [-0.25, -0.2) is 0 Å². The smallest absolute Gasteiger partial charge is 0.0641 e. The highest BCUT2D eigenvalue weighted by molar-refractivity contribution is 6.30. The highest BCUT2D eigenvalue weighted by atomic mass is 35.5. The molecule has 0 fully saturated rings. The summed E-state index contributed by atoms with van der Waals surface area (Å²) < 4.78 is 0. The van der Waals surface area contributed by atoms with E-state index in [-0.39, 0.29) is 5.38 Å². The molecular formula is C15H15Cl2N. The first-order chi connectivity index (χ1) is 8.56. The van der Waals surface area contributed by atoms with Gasteiger partial charge in [-0.2, -0.15) is 0 Å². The molecule has 2 aromatic rings. The van der Waals surface area contributed by atoms with Crippen LogP contribution in [0.5, 0.6) is 0 Å². The Kier molecular flexibility index (Phi) is 4.26. The van der Waals surface area contributed by atoms with Crippen LogP contribution in [0.1, 0.15) is 27.8 Å². The van der Waals surface area contributed by atoms with E-state index in [1.165, 1.54) is 5.56 Å². The normalized spacial score (nSPS) is 12.4. The molecular weight excluding hydrogens is 265 g/mol. The van der Waals surface area contributed by atoms with E-state index in [1.807, 2.05) is 25.1 Å². The fourth-order valence-corrected chi connectivity index (χ4v) is 2.54. The van der Waals surface area contributed by atoms with Gasteiger partial charge < -0.3 is 0 Å². The van der Waals surface area contributed by atoms with E-state index < -0.39 is 0 Å². The average molecular weight is 280 g/mol. The van der Waals surface area contributed by atoms with Crippen molar-refractivity contribution in [3.63, 3.8) is 0 Å². The summed E-state index contributed by atoms with van der Waals surface area (Å²) in [5.41, 5.74) is 4.38. The highest BCUT2D eigenvalue weighted by Gasteiger charge is 2.12. The SMILES string of the molecule is Cc1cc(Cl)cc(C(Cl)Cc2ncccc2C)c1. The summed E-state index contributed by atoms with van der Waals surface area (Å²) in [6.07, 6.45) is 2.52. The Balaban J connectivity index is 2.22. The fourth-order valence-electron chi connectivity index (χ4n) is 1.97. The first kappa shape index (κ1) is 13.4. The van der Waals surface area contributed by atoms with Gasteiger partial charge in [0.15, 0.2) is 0 Å². The number of alkyl halides is 1. The summed E-state index contributed by atoms with van der Waals surface area (Å²) in [4.78, 5) is 4.37. The lowest BCUT2D eigenvalue weighted by molar-refractivity contribution is 0.869. The predicted octanol–water partition coefficient (Wildman–Crippen LogP) is 4.87. The standard InChI is InChI=1S/C15H15Cl2N/c1-10-6-12(8-13(16)7-10)14(17)9-15-11(2)4-3-5-18-15/h3-8,14H,9H2,1-2H3. The molecule has 0 aliphatic heterocycles. The third-order valence-electron chi connectivity index (χ3n) is 2.92. The van der Waals surface area contributed by atoms with Crippen LogP contribution in [0, 0.1) is 13.8 Å². The maximum atomic E-state index is 6.46. The van der Waals surface area contributed by atoms with Gasteiger partial charge in [0.05, 0.1) is 5.38 Å². The van der Waals surface area contributed by atoms with Crippen LogP contribution in [-0.2, 0) is 6.42 Å². The molecule has 0 aliphatic rings. The second kappa shape index (κ2) is 5.73. The van der Waals surface area contributed by atoms with Crippen LogP contribution >= 0.6 is 23.2 Å². The molecule has 1 heterocycles. The first-order valence-electron chi connectivity index (χ1n) is 5.88. The van der Waals surface area contributed by atoms with E-state index in [4.69, 9.17) is 23.2 Å². The number of hydrogen-bond acceptors (Lipinski definition) is 1. The molecule has 0 aliphatic carbocycles. The zero-order valence-electron chi connectivity index (χ0n) is 10.5. The Morgan fingerprint density at radius 3 is 2.67 bits per heavy atom. The molecule has 2 rings (SSSR count). The van der Waals surface area contributed by atoms with Crippen molar-refractivity contribution < 1.29 is 0 Å². The van der Waals surface area contributed by atoms with Crippen LogP contribution in [0.4, 0.5) is 0 Å². The summed E-state index contributed by atoms with van der Waals surface area (Å²) >= 11 is 12.5. The zero-order valence-corrected chi connectivity index (χ0v) is 12.0. The number of aromatic nitrogens is 1. The minimum Gasteiger partial charge on any atom is -0.261 e. The lowest BCUT2D eigenvalue weighted by atomic mass is 10.0. The van der Waals surface area contributed by atoms with Crippen LogP contribution < -0.4 is 0 Å². The van der Waals surface area contributed by atoms with Gasteiger partial charge in [-0.3, -0.25) is 4.98 Å². The molecule has 0 N–H and O–H groups in total.